The van der Waals surface area contributed by atoms with Crippen LogP contribution in [0, 0.1) is 6.92 Å². The number of nitrogen functional groups attached to an aromatic ring is 1. The molecule has 0 aliphatic rings. The van der Waals surface area contributed by atoms with Crippen molar-refractivity contribution in [2.75, 3.05) is 11.1 Å². The number of hydrogen-bond acceptors (Lipinski definition) is 6. The second-order valence-corrected chi connectivity index (χ2v) is 6.78. The first-order chi connectivity index (χ1) is 9.44. The van der Waals surface area contributed by atoms with Crippen LogP contribution >= 0.6 is 34.5 Å². The predicted octanol–water partition coefficient (Wildman–Crippen LogP) is 3.56. The maximum Gasteiger partial charge on any atom is 0.227 e. The quantitative estimate of drug-likeness (QED) is 0.875. The molecule has 2 aromatic heterocycles. The first-order valence-corrected chi connectivity index (χ1v) is 7.69. The van der Waals surface area contributed by atoms with E-state index in [9.17, 15) is 0 Å². The largest absolute Gasteiger partial charge is 0.368 e. The highest BCUT2D eigenvalue weighted by Gasteiger charge is 2.10. The lowest BCUT2D eigenvalue weighted by Gasteiger charge is -2.13. The molecule has 0 amide bonds. The molecule has 3 N–H and O–H groups in total. The standard InChI is InChI=1S/C12H15Cl2N5S/c1-6(3-4-8-5-9(13)20-10(8)14)16-12-18-7(2)17-11(15)19-12/h5-6H,3-4H2,1-2H3,(H3,15,16,17,18,19). The summed E-state index contributed by atoms with van der Waals surface area (Å²) in [6.45, 7) is 3.83. The van der Waals surface area contributed by atoms with Crippen molar-refractivity contribution in [2.45, 2.75) is 32.7 Å². The summed E-state index contributed by atoms with van der Waals surface area (Å²) in [6.07, 6.45) is 1.73. The molecule has 2 rings (SSSR count). The predicted molar refractivity (Wildman–Crippen MR) is 84.7 cm³/mol. The zero-order valence-electron chi connectivity index (χ0n) is 11.2. The molecule has 0 saturated carbocycles. The number of hydrogen-bond donors (Lipinski definition) is 2. The minimum absolute atomic E-state index is 0.186. The Labute approximate surface area is 131 Å². The minimum atomic E-state index is 0.186. The normalized spacial score (nSPS) is 12.4. The van der Waals surface area contributed by atoms with E-state index in [1.165, 1.54) is 11.3 Å². The Balaban J connectivity index is 1.92. The van der Waals surface area contributed by atoms with Gasteiger partial charge in [0.1, 0.15) is 5.82 Å². The van der Waals surface area contributed by atoms with Gasteiger partial charge in [0.2, 0.25) is 11.9 Å². The highest BCUT2D eigenvalue weighted by Crippen LogP contribution is 2.32. The van der Waals surface area contributed by atoms with Gasteiger partial charge in [-0.05, 0) is 38.3 Å². The Bertz CT molecular complexity index is 581. The fraction of sp³-hybridized carbons (Fsp3) is 0.417. The zero-order chi connectivity index (χ0) is 14.7. The molecule has 8 heteroatoms. The van der Waals surface area contributed by atoms with Gasteiger partial charge in [-0.2, -0.15) is 15.0 Å². The van der Waals surface area contributed by atoms with Crippen LogP contribution in [0.1, 0.15) is 24.7 Å². The molecule has 1 unspecified atom stereocenters. The lowest BCUT2D eigenvalue weighted by Crippen LogP contribution is -2.19. The number of aromatic nitrogens is 3. The van der Waals surface area contributed by atoms with Crippen LogP contribution in [0.4, 0.5) is 11.9 Å². The average Bonchev–Trinajstić information content (AvgIpc) is 2.64. The van der Waals surface area contributed by atoms with Gasteiger partial charge in [-0.3, -0.25) is 0 Å². The monoisotopic (exact) mass is 331 g/mol. The van der Waals surface area contributed by atoms with E-state index in [1.54, 1.807) is 6.92 Å². The van der Waals surface area contributed by atoms with Gasteiger partial charge in [-0.15, -0.1) is 11.3 Å². The number of halogens is 2. The van der Waals surface area contributed by atoms with E-state index >= 15 is 0 Å². The molecule has 0 aromatic carbocycles. The molecule has 108 valence electrons. The number of nitrogens with one attached hydrogen (secondary N) is 1. The van der Waals surface area contributed by atoms with Gasteiger partial charge < -0.3 is 11.1 Å². The molecule has 0 aliphatic carbocycles. The van der Waals surface area contributed by atoms with Crippen LogP contribution in [0.25, 0.3) is 0 Å². The van der Waals surface area contributed by atoms with Crippen molar-refractivity contribution < 1.29 is 0 Å². The van der Waals surface area contributed by atoms with Gasteiger partial charge in [0.05, 0.1) is 8.67 Å². The van der Waals surface area contributed by atoms with Crippen molar-refractivity contribution >= 4 is 46.4 Å². The summed E-state index contributed by atoms with van der Waals surface area (Å²) >= 11 is 13.4. The van der Waals surface area contributed by atoms with Crippen LogP contribution in [0.15, 0.2) is 6.07 Å². The average molecular weight is 332 g/mol. The maximum atomic E-state index is 6.09. The van der Waals surface area contributed by atoms with E-state index in [4.69, 9.17) is 28.9 Å². The first-order valence-electron chi connectivity index (χ1n) is 6.12. The zero-order valence-corrected chi connectivity index (χ0v) is 13.5. The molecule has 2 heterocycles. The van der Waals surface area contributed by atoms with E-state index in [0.717, 1.165) is 22.7 Å². The lowest BCUT2D eigenvalue weighted by molar-refractivity contribution is 0.698. The van der Waals surface area contributed by atoms with Crippen LogP contribution in [-0.4, -0.2) is 21.0 Å². The summed E-state index contributed by atoms with van der Waals surface area (Å²) in [6, 6.07) is 2.10. The molecular formula is C12H15Cl2N5S. The van der Waals surface area contributed by atoms with Crippen LogP contribution < -0.4 is 11.1 Å². The van der Waals surface area contributed by atoms with E-state index in [1.807, 2.05) is 6.07 Å². The Kier molecular flexibility index (Phi) is 5.01. The summed E-state index contributed by atoms with van der Waals surface area (Å²) < 4.78 is 1.47. The smallest absolute Gasteiger partial charge is 0.227 e. The maximum absolute atomic E-state index is 6.09. The molecule has 0 spiro atoms. The van der Waals surface area contributed by atoms with Crippen molar-refractivity contribution in [2.24, 2.45) is 0 Å². The second kappa shape index (κ2) is 6.56. The number of nitrogens with two attached hydrogens (primary N) is 1. The summed E-state index contributed by atoms with van der Waals surface area (Å²) in [4.78, 5) is 12.2. The van der Waals surface area contributed by atoms with Crippen LogP contribution in [-0.2, 0) is 6.42 Å². The minimum Gasteiger partial charge on any atom is -0.368 e. The number of nitrogens with zero attached hydrogens (tertiary/aromatic N) is 3. The molecule has 0 saturated heterocycles. The number of anilines is 2. The SMILES string of the molecule is Cc1nc(N)nc(NC(C)CCc2cc(Cl)sc2Cl)n1. The third-order valence-corrected chi connectivity index (χ3v) is 4.28. The highest BCUT2D eigenvalue weighted by atomic mass is 35.5. The van der Waals surface area contributed by atoms with Crippen molar-refractivity contribution in [3.63, 3.8) is 0 Å². The fourth-order valence-electron chi connectivity index (χ4n) is 1.78. The van der Waals surface area contributed by atoms with Gasteiger partial charge in [0, 0.05) is 6.04 Å². The third-order valence-electron chi connectivity index (χ3n) is 2.71. The first kappa shape index (κ1) is 15.3. The van der Waals surface area contributed by atoms with Gasteiger partial charge in [-0.1, -0.05) is 23.2 Å². The Morgan fingerprint density at radius 3 is 2.70 bits per heavy atom. The van der Waals surface area contributed by atoms with Gasteiger partial charge >= 0.3 is 0 Å². The van der Waals surface area contributed by atoms with Gasteiger partial charge in [0.15, 0.2) is 0 Å². The lowest BCUT2D eigenvalue weighted by atomic mass is 10.1. The van der Waals surface area contributed by atoms with Gasteiger partial charge in [0.25, 0.3) is 0 Å². The molecule has 1 atom stereocenters. The van der Waals surface area contributed by atoms with E-state index < -0.39 is 0 Å². The molecule has 0 aliphatic heterocycles. The highest BCUT2D eigenvalue weighted by molar-refractivity contribution is 7.20. The molecule has 2 aromatic rings. The summed E-state index contributed by atoms with van der Waals surface area (Å²) in [5.74, 6) is 1.32. The number of aryl methyl sites for hydroxylation is 2. The molecule has 0 radical (unpaired) electrons. The molecular weight excluding hydrogens is 317 g/mol. The van der Waals surface area contributed by atoms with Crippen molar-refractivity contribution in [3.05, 3.63) is 26.1 Å². The van der Waals surface area contributed by atoms with Gasteiger partial charge in [-0.25, -0.2) is 0 Å². The summed E-state index contributed by atoms with van der Waals surface area (Å²) in [7, 11) is 0. The van der Waals surface area contributed by atoms with E-state index in [0.29, 0.717) is 16.1 Å². The second-order valence-electron chi connectivity index (χ2n) is 4.50. The Hall–Kier alpha value is -1.11. The molecule has 5 nitrogen and oxygen atoms in total. The molecule has 0 fully saturated rings. The van der Waals surface area contributed by atoms with Crippen molar-refractivity contribution in [1.82, 2.24) is 15.0 Å². The Morgan fingerprint density at radius 1 is 1.35 bits per heavy atom. The Morgan fingerprint density at radius 2 is 2.10 bits per heavy atom. The van der Waals surface area contributed by atoms with Crippen molar-refractivity contribution in [3.8, 4) is 0 Å². The number of thiophene rings is 1. The van der Waals surface area contributed by atoms with E-state index in [-0.39, 0.29) is 12.0 Å². The van der Waals surface area contributed by atoms with Crippen LogP contribution in [0.3, 0.4) is 0 Å². The molecule has 20 heavy (non-hydrogen) atoms. The molecule has 0 bridgehead atoms. The number of rotatable bonds is 5. The third kappa shape index (κ3) is 4.19. The van der Waals surface area contributed by atoms with Crippen LogP contribution in [0.2, 0.25) is 8.67 Å². The topological polar surface area (TPSA) is 76.7 Å². The van der Waals surface area contributed by atoms with Crippen LogP contribution in [0.5, 0.6) is 0 Å². The summed E-state index contributed by atoms with van der Waals surface area (Å²) in [5, 5.41) is 3.21. The summed E-state index contributed by atoms with van der Waals surface area (Å²) in [5.41, 5.74) is 6.66. The van der Waals surface area contributed by atoms with E-state index in [2.05, 4.69) is 27.2 Å². The fourth-order valence-corrected chi connectivity index (χ4v) is 3.32. The van der Waals surface area contributed by atoms with Crippen molar-refractivity contribution in [1.29, 1.82) is 0 Å².